The van der Waals surface area contributed by atoms with Gasteiger partial charge in [-0.05, 0) is 32.0 Å². The molecule has 104 valence electrons. The molecule has 3 rings (SSSR count). The molecule has 0 N–H and O–H groups in total. The number of rotatable bonds is 2. The molecule has 20 heavy (non-hydrogen) atoms. The second-order valence-electron chi connectivity index (χ2n) is 5.03. The maximum Gasteiger partial charge on any atom is 0.254 e. The van der Waals surface area contributed by atoms with E-state index >= 15 is 0 Å². The van der Waals surface area contributed by atoms with Gasteiger partial charge < -0.3 is 4.90 Å². The molecular weight excluding hydrogens is 276 g/mol. The molecule has 1 aromatic heterocycles. The van der Waals surface area contributed by atoms with Crippen LogP contribution in [0.15, 0.2) is 24.3 Å². The molecule has 1 aliphatic heterocycles. The van der Waals surface area contributed by atoms with Crippen molar-refractivity contribution < 1.29 is 4.79 Å². The van der Waals surface area contributed by atoms with E-state index in [-0.39, 0.29) is 11.9 Å². The van der Waals surface area contributed by atoms with Gasteiger partial charge in [-0.15, -0.1) is 0 Å². The smallest absolute Gasteiger partial charge is 0.254 e. The Morgan fingerprint density at radius 1 is 1.35 bits per heavy atom. The summed E-state index contributed by atoms with van der Waals surface area (Å²) in [6.07, 6.45) is 0. The van der Waals surface area contributed by atoms with Crippen molar-refractivity contribution in [1.82, 2.24) is 19.7 Å². The lowest BCUT2D eigenvalue weighted by molar-refractivity contribution is 0.0497. The van der Waals surface area contributed by atoms with Crippen LogP contribution in [0.25, 0.3) is 0 Å². The normalized spacial score (nSPS) is 15.2. The van der Waals surface area contributed by atoms with Gasteiger partial charge in [-0.3, -0.25) is 4.79 Å². The Morgan fingerprint density at radius 3 is 2.70 bits per heavy atom. The molecule has 0 atom stereocenters. The molecule has 1 fully saturated rings. The highest BCUT2D eigenvalue weighted by Gasteiger charge is 2.34. The van der Waals surface area contributed by atoms with Crippen molar-refractivity contribution in [3.8, 4) is 0 Å². The summed E-state index contributed by atoms with van der Waals surface area (Å²) in [6.45, 7) is 5.13. The number of halogens is 1. The minimum atomic E-state index is 0.0123. The van der Waals surface area contributed by atoms with E-state index in [0.29, 0.717) is 23.7 Å². The second kappa shape index (κ2) is 4.90. The summed E-state index contributed by atoms with van der Waals surface area (Å²) in [5, 5.41) is 4.94. The van der Waals surface area contributed by atoms with Gasteiger partial charge >= 0.3 is 0 Å². The Hall–Kier alpha value is -1.88. The zero-order valence-corrected chi connectivity index (χ0v) is 12.1. The first-order valence-corrected chi connectivity index (χ1v) is 6.87. The zero-order valence-electron chi connectivity index (χ0n) is 11.4. The van der Waals surface area contributed by atoms with Crippen molar-refractivity contribution >= 4 is 17.5 Å². The Labute approximate surface area is 122 Å². The van der Waals surface area contributed by atoms with Gasteiger partial charge in [-0.1, -0.05) is 17.7 Å². The lowest BCUT2D eigenvalue weighted by atomic mass is 10.1. The number of aromatic nitrogens is 3. The van der Waals surface area contributed by atoms with Gasteiger partial charge in [0.2, 0.25) is 0 Å². The number of hydrogen-bond acceptors (Lipinski definition) is 3. The van der Waals surface area contributed by atoms with Crippen LogP contribution in [-0.4, -0.2) is 38.7 Å². The number of nitrogens with zero attached hydrogens (tertiary/aromatic N) is 4. The molecule has 1 aliphatic rings. The first kappa shape index (κ1) is 13.1. The first-order valence-electron chi connectivity index (χ1n) is 6.49. The summed E-state index contributed by atoms with van der Waals surface area (Å²) in [5.74, 6) is 1.67. The molecular formula is C14H15ClN4O. The summed E-state index contributed by atoms with van der Waals surface area (Å²) in [4.78, 5) is 18.4. The molecule has 0 bridgehead atoms. The fourth-order valence-electron chi connectivity index (χ4n) is 2.46. The number of carbonyl (C=O) groups is 1. The van der Waals surface area contributed by atoms with Crippen molar-refractivity contribution in [3.05, 3.63) is 46.5 Å². The van der Waals surface area contributed by atoms with Gasteiger partial charge in [-0.2, -0.15) is 5.10 Å². The molecule has 5 nitrogen and oxygen atoms in total. The van der Waals surface area contributed by atoms with E-state index in [1.54, 1.807) is 29.2 Å². The summed E-state index contributed by atoms with van der Waals surface area (Å²) >= 11 is 5.91. The minimum Gasteiger partial charge on any atom is -0.334 e. The van der Waals surface area contributed by atoms with Crippen LogP contribution >= 0.6 is 11.6 Å². The Kier molecular flexibility index (Phi) is 3.22. The van der Waals surface area contributed by atoms with E-state index in [4.69, 9.17) is 11.6 Å². The monoisotopic (exact) mass is 290 g/mol. The van der Waals surface area contributed by atoms with Crippen LogP contribution in [0.4, 0.5) is 0 Å². The molecule has 6 heteroatoms. The number of carbonyl (C=O) groups excluding carboxylic acids is 1. The highest BCUT2D eigenvalue weighted by Crippen LogP contribution is 2.24. The lowest BCUT2D eigenvalue weighted by Gasteiger charge is -2.39. The molecule has 2 heterocycles. The van der Waals surface area contributed by atoms with E-state index in [1.165, 1.54) is 0 Å². The standard InChI is InChI=1S/C14H15ClN4O/c1-9-16-10(2)19(17-9)13-7-18(8-13)14(20)11-4-3-5-12(15)6-11/h3-6,13H,7-8H2,1-2H3. The maximum absolute atomic E-state index is 12.3. The lowest BCUT2D eigenvalue weighted by Crippen LogP contribution is -2.51. The van der Waals surface area contributed by atoms with Crippen molar-refractivity contribution in [2.75, 3.05) is 13.1 Å². The van der Waals surface area contributed by atoms with Crippen LogP contribution in [0, 0.1) is 13.8 Å². The Balaban J connectivity index is 1.68. The van der Waals surface area contributed by atoms with E-state index in [9.17, 15) is 4.79 Å². The van der Waals surface area contributed by atoms with Crippen LogP contribution in [0.1, 0.15) is 28.0 Å². The fraction of sp³-hybridized carbons (Fsp3) is 0.357. The van der Waals surface area contributed by atoms with E-state index in [0.717, 1.165) is 11.6 Å². The number of amides is 1. The van der Waals surface area contributed by atoms with Crippen molar-refractivity contribution in [3.63, 3.8) is 0 Å². The van der Waals surface area contributed by atoms with Gasteiger partial charge in [0.15, 0.2) is 0 Å². The Morgan fingerprint density at radius 2 is 2.10 bits per heavy atom. The van der Waals surface area contributed by atoms with E-state index in [1.807, 2.05) is 18.5 Å². The number of aryl methyl sites for hydroxylation is 2. The summed E-state index contributed by atoms with van der Waals surface area (Å²) in [7, 11) is 0. The predicted octanol–water partition coefficient (Wildman–Crippen LogP) is 2.25. The second-order valence-corrected chi connectivity index (χ2v) is 5.46. The van der Waals surface area contributed by atoms with Crippen LogP contribution in [-0.2, 0) is 0 Å². The molecule has 1 amide bonds. The third-order valence-corrected chi connectivity index (χ3v) is 3.71. The fourth-order valence-corrected chi connectivity index (χ4v) is 2.65. The summed E-state index contributed by atoms with van der Waals surface area (Å²) in [5.41, 5.74) is 0.627. The van der Waals surface area contributed by atoms with Crippen LogP contribution < -0.4 is 0 Å². The Bertz CT molecular complexity index is 661. The van der Waals surface area contributed by atoms with Gasteiger partial charge in [0.1, 0.15) is 11.6 Å². The number of benzene rings is 1. The summed E-state index contributed by atoms with van der Waals surface area (Å²) < 4.78 is 1.90. The number of hydrogen-bond donors (Lipinski definition) is 0. The highest BCUT2D eigenvalue weighted by molar-refractivity contribution is 6.30. The largest absolute Gasteiger partial charge is 0.334 e. The summed E-state index contributed by atoms with van der Waals surface area (Å²) in [6, 6.07) is 7.25. The minimum absolute atomic E-state index is 0.0123. The van der Waals surface area contributed by atoms with Crippen molar-refractivity contribution in [2.24, 2.45) is 0 Å². The molecule has 0 radical (unpaired) electrons. The van der Waals surface area contributed by atoms with Gasteiger partial charge in [0.25, 0.3) is 5.91 Å². The van der Waals surface area contributed by atoms with Crippen molar-refractivity contribution in [2.45, 2.75) is 19.9 Å². The molecule has 0 saturated carbocycles. The maximum atomic E-state index is 12.3. The van der Waals surface area contributed by atoms with Crippen LogP contribution in [0.2, 0.25) is 5.02 Å². The molecule has 2 aromatic rings. The van der Waals surface area contributed by atoms with Crippen LogP contribution in [0.5, 0.6) is 0 Å². The topological polar surface area (TPSA) is 51.0 Å². The average molecular weight is 291 g/mol. The first-order chi connectivity index (χ1) is 9.54. The third-order valence-electron chi connectivity index (χ3n) is 3.47. The van der Waals surface area contributed by atoms with Gasteiger partial charge in [-0.25, -0.2) is 9.67 Å². The zero-order chi connectivity index (χ0) is 14.3. The molecule has 1 saturated heterocycles. The number of likely N-dealkylation sites (tertiary alicyclic amines) is 1. The van der Waals surface area contributed by atoms with E-state index in [2.05, 4.69) is 10.1 Å². The quantitative estimate of drug-likeness (QED) is 0.852. The molecule has 0 spiro atoms. The predicted molar refractivity (Wildman–Crippen MR) is 75.9 cm³/mol. The van der Waals surface area contributed by atoms with Crippen LogP contribution in [0.3, 0.4) is 0 Å². The molecule has 0 aliphatic carbocycles. The third kappa shape index (κ3) is 2.29. The molecule has 1 aromatic carbocycles. The SMILES string of the molecule is Cc1nc(C)n(C2CN(C(=O)c3cccc(Cl)c3)C2)n1. The molecule has 0 unspecified atom stereocenters. The van der Waals surface area contributed by atoms with Crippen molar-refractivity contribution in [1.29, 1.82) is 0 Å². The highest BCUT2D eigenvalue weighted by atomic mass is 35.5. The van der Waals surface area contributed by atoms with E-state index < -0.39 is 0 Å². The van der Waals surface area contributed by atoms with Gasteiger partial charge in [0, 0.05) is 23.7 Å². The van der Waals surface area contributed by atoms with Gasteiger partial charge in [0.05, 0.1) is 6.04 Å². The average Bonchev–Trinajstić information content (AvgIpc) is 2.66.